The van der Waals surface area contributed by atoms with E-state index >= 15 is 0 Å². The molecule has 0 fully saturated rings. The first-order chi connectivity index (χ1) is 9.57. The van der Waals surface area contributed by atoms with Crippen molar-refractivity contribution in [3.05, 3.63) is 18.2 Å². The van der Waals surface area contributed by atoms with Gasteiger partial charge in [0.25, 0.3) is 0 Å². The number of nitrogens with two attached hydrogens (primary N) is 1. The van der Waals surface area contributed by atoms with Gasteiger partial charge in [-0.3, -0.25) is 4.79 Å². The lowest BCUT2D eigenvalue weighted by atomic mass is 10.1. The molecule has 0 saturated heterocycles. The Morgan fingerprint density at radius 3 is 2.67 bits per heavy atom. The quantitative estimate of drug-likeness (QED) is 0.726. The normalized spacial score (nSPS) is 12.5. The molecule has 1 aromatic carbocycles. The fourth-order valence-electron chi connectivity index (χ4n) is 1.85. The second-order valence-electron chi connectivity index (χ2n) is 5.88. The third-order valence-electron chi connectivity index (χ3n) is 2.61. The van der Waals surface area contributed by atoms with E-state index in [1.54, 1.807) is 39.0 Å². The van der Waals surface area contributed by atoms with E-state index in [1.807, 2.05) is 0 Å². The van der Waals surface area contributed by atoms with Crippen LogP contribution in [0.1, 0.15) is 20.8 Å². The highest BCUT2D eigenvalue weighted by atomic mass is 32.2. The molecule has 0 bridgehead atoms. The van der Waals surface area contributed by atoms with Gasteiger partial charge in [-0.05, 0) is 39.0 Å². The zero-order valence-electron chi connectivity index (χ0n) is 12.1. The van der Waals surface area contributed by atoms with Crippen molar-refractivity contribution in [3.8, 4) is 0 Å². The summed E-state index contributed by atoms with van der Waals surface area (Å²) in [5.74, 6) is -1.22. The van der Waals surface area contributed by atoms with Crippen molar-refractivity contribution >= 4 is 32.5 Å². The number of amides is 1. The molecule has 0 saturated carbocycles. The molecule has 7 nitrogen and oxygen atoms in total. The van der Waals surface area contributed by atoms with Gasteiger partial charge in [0, 0.05) is 11.2 Å². The van der Waals surface area contributed by atoms with E-state index in [2.05, 4.69) is 15.3 Å². The Kier molecular flexibility index (Phi) is 3.66. The van der Waals surface area contributed by atoms with Gasteiger partial charge in [0.05, 0.1) is 11.0 Å². The number of aromatic nitrogens is 2. The first kappa shape index (κ1) is 15.3. The van der Waals surface area contributed by atoms with Crippen molar-refractivity contribution in [1.82, 2.24) is 15.3 Å². The number of benzene rings is 1. The number of sulfone groups is 1. The second kappa shape index (κ2) is 5.03. The molecule has 0 aliphatic heterocycles. The van der Waals surface area contributed by atoms with Crippen molar-refractivity contribution in [2.45, 2.75) is 31.5 Å². The minimum Gasteiger partial charge on any atom is -0.399 e. The van der Waals surface area contributed by atoms with Gasteiger partial charge in [0.15, 0.2) is 0 Å². The zero-order chi connectivity index (χ0) is 15.8. The van der Waals surface area contributed by atoms with Crippen LogP contribution in [0.5, 0.6) is 0 Å². The molecule has 1 heterocycles. The molecule has 2 rings (SSSR count). The molecule has 4 N–H and O–H groups in total. The minimum absolute atomic E-state index is 0.229. The average Bonchev–Trinajstić information content (AvgIpc) is 2.68. The van der Waals surface area contributed by atoms with Crippen molar-refractivity contribution < 1.29 is 13.2 Å². The van der Waals surface area contributed by atoms with E-state index in [1.165, 1.54) is 0 Å². The summed E-state index contributed by atoms with van der Waals surface area (Å²) in [6, 6.07) is 4.85. The zero-order valence-corrected chi connectivity index (χ0v) is 12.9. The predicted octanol–water partition coefficient (Wildman–Crippen LogP) is 0.833. The Morgan fingerprint density at radius 1 is 1.38 bits per heavy atom. The average molecular weight is 310 g/mol. The fourth-order valence-corrected chi connectivity index (χ4v) is 2.90. The highest BCUT2D eigenvalue weighted by Gasteiger charge is 2.25. The summed E-state index contributed by atoms with van der Waals surface area (Å²) in [6.07, 6.45) is 0. The third-order valence-corrected chi connectivity index (χ3v) is 4.04. The first-order valence-electron chi connectivity index (χ1n) is 6.36. The molecule has 114 valence electrons. The topological polar surface area (TPSA) is 118 Å². The fraction of sp³-hybridized carbons (Fsp3) is 0.385. The summed E-state index contributed by atoms with van der Waals surface area (Å²) < 4.78 is 24.4. The number of anilines is 1. The summed E-state index contributed by atoms with van der Waals surface area (Å²) >= 11 is 0. The second-order valence-corrected chi connectivity index (χ2v) is 7.78. The largest absolute Gasteiger partial charge is 0.399 e. The number of hydrogen-bond donors (Lipinski definition) is 3. The van der Waals surface area contributed by atoms with Gasteiger partial charge in [-0.1, -0.05) is 0 Å². The Balaban J connectivity index is 2.27. The van der Waals surface area contributed by atoms with E-state index < -0.39 is 27.0 Å². The maximum Gasteiger partial charge on any atom is 0.236 e. The van der Waals surface area contributed by atoms with E-state index in [9.17, 15) is 13.2 Å². The van der Waals surface area contributed by atoms with Gasteiger partial charge >= 0.3 is 0 Å². The van der Waals surface area contributed by atoms with Crippen molar-refractivity contribution in [2.24, 2.45) is 0 Å². The lowest BCUT2D eigenvalue weighted by Gasteiger charge is -2.20. The van der Waals surface area contributed by atoms with Crippen LogP contribution in [0.15, 0.2) is 23.4 Å². The molecular weight excluding hydrogens is 292 g/mol. The molecule has 1 aromatic heterocycles. The highest BCUT2D eigenvalue weighted by Crippen LogP contribution is 2.18. The molecule has 0 aliphatic carbocycles. The molecule has 2 aromatic rings. The molecule has 1 amide bonds. The molecule has 21 heavy (non-hydrogen) atoms. The van der Waals surface area contributed by atoms with E-state index in [0.717, 1.165) is 0 Å². The maximum atomic E-state index is 12.2. The van der Waals surface area contributed by atoms with Crippen molar-refractivity contribution in [2.75, 3.05) is 11.5 Å². The van der Waals surface area contributed by atoms with Gasteiger partial charge in [-0.25, -0.2) is 13.4 Å². The maximum absolute atomic E-state index is 12.2. The Labute approximate surface area is 122 Å². The van der Waals surface area contributed by atoms with Crippen LogP contribution >= 0.6 is 0 Å². The van der Waals surface area contributed by atoms with Crippen LogP contribution in [0.25, 0.3) is 11.0 Å². The monoisotopic (exact) mass is 310 g/mol. The van der Waals surface area contributed by atoms with Crippen LogP contribution in [0, 0.1) is 0 Å². The third kappa shape index (κ3) is 3.72. The highest BCUT2D eigenvalue weighted by molar-refractivity contribution is 7.91. The number of H-pyrrole nitrogens is 1. The summed E-state index contributed by atoms with van der Waals surface area (Å²) in [5, 5.41) is 2.38. The smallest absolute Gasteiger partial charge is 0.236 e. The van der Waals surface area contributed by atoms with E-state index in [4.69, 9.17) is 5.73 Å². The summed E-state index contributed by atoms with van der Waals surface area (Å²) in [7, 11) is -3.83. The van der Waals surface area contributed by atoms with E-state index in [-0.39, 0.29) is 5.16 Å². The van der Waals surface area contributed by atoms with E-state index in [0.29, 0.717) is 16.7 Å². The van der Waals surface area contributed by atoms with Crippen molar-refractivity contribution in [3.63, 3.8) is 0 Å². The number of nitrogens with one attached hydrogen (secondary N) is 2. The number of carbonyl (C=O) groups excluding carboxylic acids is 1. The van der Waals surface area contributed by atoms with Gasteiger partial charge in [0.2, 0.25) is 20.9 Å². The SMILES string of the molecule is CC(C)(C)NC(=O)CS(=O)(=O)c1nc2ccc(N)cc2[nH]1. The lowest BCUT2D eigenvalue weighted by Crippen LogP contribution is -2.43. The Hall–Kier alpha value is -2.09. The number of fused-ring (bicyclic) bond motifs is 1. The van der Waals surface area contributed by atoms with Crippen LogP contribution in [-0.2, 0) is 14.6 Å². The lowest BCUT2D eigenvalue weighted by molar-refractivity contribution is -0.120. The van der Waals surface area contributed by atoms with Crippen LogP contribution in [0.2, 0.25) is 0 Å². The standard InChI is InChI=1S/C13H18N4O3S/c1-13(2,3)17-11(18)7-21(19,20)12-15-9-5-4-8(14)6-10(9)16-12/h4-6H,7,14H2,1-3H3,(H,15,16)(H,17,18). The number of nitrogen functional groups attached to an aromatic ring is 1. The molecule has 8 heteroatoms. The number of aromatic amines is 1. The molecule has 0 aliphatic rings. The Morgan fingerprint density at radius 2 is 2.05 bits per heavy atom. The first-order valence-corrected chi connectivity index (χ1v) is 8.01. The molecule has 0 atom stereocenters. The van der Waals surface area contributed by atoms with Crippen molar-refractivity contribution in [1.29, 1.82) is 0 Å². The number of hydrogen-bond acceptors (Lipinski definition) is 5. The van der Waals surface area contributed by atoms with Crippen LogP contribution in [0.3, 0.4) is 0 Å². The molecule has 0 unspecified atom stereocenters. The summed E-state index contributed by atoms with van der Waals surface area (Å²) in [5.41, 5.74) is 6.64. The minimum atomic E-state index is -3.83. The van der Waals surface area contributed by atoms with Crippen LogP contribution < -0.4 is 11.1 Å². The Bertz CT molecular complexity index is 787. The summed E-state index contributed by atoms with van der Waals surface area (Å²) in [6.45, 7) is 5.34. The van der Waals surface area contributed by atoms with Crippen LogP contribution in [-0.4, -0.2) is 35.6 Å². The molecule has 0 radical (unpaired) electrons. The molecule has 0 spiro atoms. The van der Waals surface area contributed by atoms with Gasteiger partial charge < -0.3 is 16.0 Å². The number of nitrogens with zero attached hydrogens (tertiary/aromatic N) is 1. The van der Waals surface area contributed by atoms with Gasteiger partial charge in [-0.15, -0.1) is 0 Å². The van der Waals surface area contributed by atoms with Crippen LogP contribution in [0.4, 0.5) is 5.69 Å². The van der Waals surface area contributed by atoms with Gasteiger partial charge in [-0.2, -0.15) is 0 Å². The molecular formula is C13H18N4O3S. The summed E-state index contributed by atoms with van der Waals surface area (Å²) in [4.78, 5) is 18.4. The number of imidazole rings is 1. The number of rotatable bonds is 3. The predicted molar refractivity (Wildman–Crippen MR) is 80.5 cm³/mol. The number of carbonyl (C=O) groups is 1. The van der Waals surface area contributed by atoms with Gasteiger partial charge in [0.1, 0.15) is 5.75 Å².